The summed E-state index contributed by atoms with van der Waals surface area (Å²) in [6.07, 6.45) is 2.74. The van der Waals surface area contributed by atoms with Crippen molar-refractivity contribution < 1.29 is 13.2 Å². The van der Waals surface area contributed by atoms with E-state index in [4.69, 9.17) is 4.74 Å². The maximum atomic E-state index is 11.5. The summed E-state index contributed by atoms with van der Waals surface area (Å²) < 4.78 is 28.2. The lowest BCUT2D eigenvalue weighted by atomic mass is 10.2. The Morgan fingerprint density at radius 3 is 2.59 bits per heavy atom. The third kappa shape index (κ3) is 3.10. The van der Waals surface area contributed by atoms with Crippen LogP contribution in [0.15, 0.2) is 35.6 Å². The molecule has 22 heavy (non-hydrogen) atoms. The Hall–Kier alpha value is -1.99. The molecular formula is C15H17N3O3S. The van der Waals surface area contributed by atoms with Gasteiger partial charge in [0.25, 0.3) is 0 Å². The van der Waals surface area contributed by atoms with Crippen LogP contribution in [0.3, 0.4) is 0 Å². The highest BCUT2D eigenvalue weighted by atomic mass is 32.2. The molecule has 7 heteroatoms. The van der Waals surface area contributed by atoms with Crippen molar-refractivity contribution >= 4 is 9.84 Å². The number of rotatable bonds is 4. The van der Waals surface area contributed by atoms with Gasteiger partial charge in [-0.3, -0.25) is 4.90 Å². The second kappa shape index (κ2) is 5.66. The highest BCUT2D eigenvalue weighted by Crippen LogP contribution is 2.23. The first-order chi connectivity index (χ1) is 10.5. The molecule has 2 aromatic rings. The Bertz CT molecular complexity index is 788. The van der Waals surface area contributed by atoms with Crippen LogP contribution in [0.4, 0.5) is 0 Å². The van der Waals surface area contributed by atoms with Crippen LogP contribution in [0.5, 0.6) is 5.75 Å². The fraction of sp³-hybridized carbons (Fsp3) is 0.333. The van der Waals surface area contributed by atoms with E-state index in [9.17, 15) is 8.42 Å². The quantitative estimate of drug-likeness (QED) is 0.793. The first kappa shape index (κ1) is 14.9. The molecule has 0 atom stereocenters. The van der Waals surface area contributed by atoms with Gasteiger partial charge in [-0.25, -0.2) is 18.4 Å². The predicted octanol–water partition coefficient (Wildman–Crippen LogP) is 1.40. The van der Waals surface area contributed by atoms with Crippen LogP contribution in [0, 0.1) is 0 Å². The smallest absolute Gasteiger partial charge is 0.247 e. The summed E-state index contributed by atoms with van der Waals surface area (Å²) in [7, 11) is -1.72. The summed E-state index contributed by atoms with van der Waals surface area (Å²) in [5, 5.41) is -0.0995. The van der Waals surface area contributed by atoms with E-state index in [0.29, 0.717) is 6.54 Å². The number of aromatic nitrogens is 2. The molecule has 3 rings (SSSR count). The van der Waals surface area contributed by atoms with Crippen LogP contribution in [0.2, 0.25) is 0 Å². The number of nitrogens with zero attached hydrogens (tertiary/aromatic N) is 3. The zero-order valence-corrected chi connectivity index (χ0v) is 13.3. The largest absolute Gasteiger partial charge is 0.497 e. The van der Waals surface area contributed by atoms with Crippen LogP contribution >= 0.6 is 0 Å². The lowest BCUT2D eigenvalue weighted by molar-refractivity contribution is 0.273. The van der Waals surface area contributed by atoms with Gasteiger partial charge in [-0.05, 0) is 17.7 Å². The molecule has 0 saturated carbocycles. The number of sulfone groups is 1. The van der Waals surface area contributed by atoms with Gasteiger partial charge < -0.3 is 4.74 Å². The maximum Gasteiger partial charge on any atom is 0.247 e. The van der Waals surface area contributed by atoms with Crippen molar-refractivity contribution in [3.63, 3.8) is 0 Å². The molecule has 1 aromatic carbocycles. The van der Waals surface area contributed by atoms with Gasteiger partial charge in [0.05, 0.1) is 12.8 Å². The van der Waals surface area contributed by atoms with Crippen molar-refractivity contribution in [2.24, 2.45) is 0 Å². The maximum absolute atomic E-state index is 11.5. The molecular weight excluding hydrogens is 302 g/mol. The standard InChI is InChI=1S/C15H17N3O3S/c1-21-13-5-3-11(4-6-13)8-18-9-12-7-16-15(22(2,19)20)17-14(12)10-18/h3-7H,8-10H2,1-2H3. The minimum absolute atomic E-state index is 0.0995. The second-order valence-corrected chi connectivity index (χ2v) is 7.30. The van der Waals surface area contributed by atoms with E-state index in [-0.39, 0.29) is 5.16 Å². The van der Waals surface area contributed by atoms with E-state index < -0.39 is 9.84 Å². The summed E-state index contributed by atoms with van der Waals surface area (Å²) in [6.45, 7) is 2.13. The lowest BCUT2D eigenvalue weighted by Gasteiger charge is -2.14. The Labute approximate surface area is 129 Å². The van der Waals surface area contributed by atoms with Crippen LogP contribution < -0.4 is 4.74 Å². The van der Waals surface area contributed by atoms with Gasteiger partial charge in [-0.2, -0.15) is 0 Å². The zero-order valence-electron chi connectivity index (χ0n) is 12.5. The summed E-state index contributed by atoms with van der Waals surface area (Å²) in [6, 6.07) is 7.91. The fourth-order valence-corrected chi connectivity index (χ4v) is 3.00. The van der Waals surface area contributed by atoms with E-state index in [1.807, 2.05) is 24.3 Å². The van der Waals surface area contributed by atoms with E-state index in [1.165, 1.54) is 5.56 Å². The zero-order chi connectivity index (χ0) is 15.7. The van der Waals surface area contributed by atoms with Crippen molar-refractivity contribution in [2.75, 3.05) is 13.4 Å². The summed E-state index contributed by atoms with van der Waals surface area (Å²) >= 11 is 0. The van der Waals surface area contributed by atoms with Gasteiger partial charge >= 0.3 is 0 Å². The Balaban J connectivity index is 1.73. The average molecular weight is 319 g/mol. The molecule has 0 amide bonds. The normalized spacial score (nSPS) is 14.8. The van der Waals surface area contributed by atoms with Crippen molar-refractivity contribution in [1.82, 2.24) is 14.9 Å². The molecule has 1 aliphatic heterocycles. The number of fused-ring (bicyclic) bond motifs is 1. The SMILES string of the molecule is COc1ccc(CN2Cc3cnc(S(C)(=O)=O)nc3C2)cc1. The van der Waals surface area contributed by atoms with Crippen LogP contribution in [-0.2, 0) is 29.5 Å². The molecule has 0 unspecified atom stereocenters. The van der Waals surface area contributed by atoms with Gasteiger partial charge in [0.2, 0.25) is 15.0 Å². The Morgan fingerprint density at radius 1 is 1.23 bits per heavy atom. The highest BCUT2D eigenvalue weighted by molar-refractivity contribution is 7.90. The third-order valence-corrected chi connectivity index (χ3v) is 4.46. The molecule has 6 nitrogen and oxygen atoms in total. The molecule has 0 saturated heterocycles. The Morgan fingerprint density at radius 2 is 1.95 bits per heavy atom. The minimum atomic E-state index is -3.36. The minimum Gasteiger partial charge on any atom is -0.497 e. The lowest BCUT2D eigenvalue weighted by Crippen LogP contribution is -2.15. The van der Waals surface area contributed by atoms with Crippen LogP contribution in [-0.4, -0.2) is 36.7 Å². The molecule has 1 aromatic heterocycles. The Kier molecular flexibility index (Phi) is 3.84. The second-order valence-electron chi connectivity index (χ2n) is 5.39. The first-order valence-electron chi connectivity index (χ1n) is 6.86. The van der Waals surface area contributed by atoms with Crippen molar-refractivity contribution in [1.29, 1.82) is 0 Å². The number of ether oxygens (including phenoxy) is 1. The van der Waals surface area contributed by atoms with Crippen molar-refractivity contribution in [2.45, 2.75) is 24.8 Å². The molecule has 2 heterocycles. The predicted molar refractivity (Wildman–Crippen MR) is 81.1 cm³/mol. The number of methoxy groups -OCH3 is 1. The molecule has 0 spiro atoms. The van der Waals surface area contributed by atoms with E-state index >= 15 is 0 Å². The van der Waals surface area contributed by atoms with Gasteiger partial charge in [0, 0.05) is 37.7 Å². The molecule has 0 fully saturated rings. The van der Waals surface area contributed by atoms with E-state index in [0.717, 1.165) is 36.4 Å². The van der Waals surface area contributed by atoms with Crippen molar-refractivity contribution in [3.05, 3.63) is 47.3 Å². The summed E-state index contributed by atoms with van der Waals surface area (Å²) in [5.74, 6) is 0.831. The van der Waals surface area contributed by atoms with Crippen molar-refractivity contribution in [3.8, 4) is 5.75 Å². The molecule has 0 radical (unpaired) electrons. The number of hydrogen-bond acceptors (Lipinski definition) is 6. The number of benzene rings is 1. The summed E-state index contributed by atoms with van der Waals surface area (Å²) in [5.41, 5.74) is 2.95. The van der Waals surface area contributed by atoms with Gasteiger partial charge in [-0.15, -0.1) is 0 Å². The molecule has 116 valence electrons. The molecule has 1 aliphatic rings. The van der Waals surface area contributed by atoms with Gasteiger partial charge in [-0.1, -0.05) is 12.1 Å². The molecule has 0 N–H and O–H groups in total. The first-order valence-corrected chi connectivity index (χ1v) is 8.75. The average Bonchev–Trinajstić information content (AvgIpc) is 2.88. The van der Waals surface area contributed by atoms with Gasteiger partial charge in [0.1, 0.15) is 5.75 Å². The molecule has 0 aliphatic carbocycles. The summed E-state index contributed by atoms with van der Waals surface area (Å²) in [4.78, 5) is 10.3. The topological polar surface area (TPSA) is 72.4 Å². The fourth-order valence-electron chi connectivity index (χ4n) is 2.48. The van der Waals surface area contributed by atoms with E-state index in [1.54, 1.807) is 13.3 Å². The monoisotopic (exact) mass is 319 g/mol. The van der Waals surface area contributed by atoms with Crippen LogP contribution in [0.25, 0.3) is 0 Å². The number of hydrogen-bond donors (Lipinski definition) is 0. The van der Waals surface area contributed by atoms with E-state index in [2.05, 4.69) is 14.9 Å². The third-order valence-electron chi connectivity index (χ3n) is 3.60. The molecule has 0 bridgehead atoms. The van der Waals surface area contributed by atoms with Crippen LogP contribution in [0.1, 0.15) is 16.8 Å². The van der Waals surface area contributed by atoms with Gasteiger partial charge in [0.15, 0.2) is 0 Å². The highest BCUT2D eigenvalue weighted by Gasteiger charge is 2.23.